The van der Waals surface area contributed by atoms with E-state index in [2.05, 4.69) is 0 Å². The molecule has 0 aliphatic carbocycles. The van der Waals surface area contributed by atoms with E-state index in [1.807, 2.05) is 0 Å². The van der Waals surface area contributed by atoms with Gasteiger partial charge in [-0.25, -0.2) is 0 Å². The molecule has 13 heteroatoms. The second-order valence-electron chi connectivity index (χ2n) is 10.3. The average Bonchev–Trinajstić information content (AvgIpc) is 2.94. The van der Waals surface area contributed by atoms with Crippen molar-refractivity contribution in [3.63, 3.8) is 0 Å². The largest absolute Gasteiger partial charge is 0.508 e. The summed E-state index contributed by atoms with van der Waals surface area (Å²) in [6, 6.07) is 11.5. The van der Waals surface area contributed by atoms with Gasteiger partial charge in [-0.05, 0) is 35.9 Å². The third-order valence-corrected chi connectivity index (χ3v) is 7.55. The fraction of sp³-hybridized carbons (Fsp3) is 0.200. The molecule has 2 aliphatic rings. The zero-order valence-electron chi connectivity index (χ0n) is 22.0. The summed E-state index contributed by atoms with van der Waals surface area (Å²) < 4.78 is 18.7. The summed E-state index contributed by atoms with van der Waals surface area (Å²) in [7, 11) is 0. The molecule has 43 heavy (non-hydrogen) atoms. The Morgan fingerprint density at radius 3 is 1.95 bits per heavy atom. The summed E-state index contributed by atoms with van der Waals surface area (Å²) in [6.07, 6.45) is -6.47. The van der Waals surface area contributed by atoms with Gasteiger partial charge in [-0.1, -0.05) is 6.07 Å². The predicted molar refractivity (Wildman–Crippen MR) is 144 cm³/mol. The van der Waals surface area contributed by atoms with Crippen LogP contribution in [0.1, 0.15) is 34.5 Å². The Bertz CT molecular complexity index is 1740. The predicted octanol–water partition coefficient (Wildman–Crippen LogP) is 2.73. The Balaban J connectivity index is 1.54. The maximum atomic E-state index is 11.6. The van der Waals surface area contributed by atoms with Gasteiger partial charge in [-0.15, -0.1) is 0 Å². The van der Waals surface area contributed by atoms with Gasteiger partial charge in [-0.2, -0.15) is 0 Å². The molecular weight excluding hydrogens is 568 g/mol. The minimum absolute atomic E-state index is 0.0663. The molecule has 4 aromatic carbocycles. The minimum Gasteiger partial charge on any atom is -0.508 e. The second-order valence-corrected chi connectivity index (χ2v) is 10.3. The lowest BCUT2D eigenvalue weighted by Gasteiger charge is -2.47. The van der Waals surface area contributed by atoms with Gasteiger partial charge in [0, 0.05) is 41.8 Å². The van der Waals surface area contributed by atoms with E-state index >= 15 is 0 Å². The highest BCUT2D eigenvalue weighted by atomic mass is 16.7. The third-order valence-electron chi connectivity index (χ3n) is 7.55. The SMILES string of the molecule is Oc1cc(O)c2c(c1)O[C@@H](c1ccc(O)c(O)c1)[C@@H](O[C@@]1(c3ccc(O)c(O)c3)Oc3cc(O)cc(O)c3[C@@H](O)[C@@H]1O)C2. The number of hydrogen-bond donors (Lipinski definition) is 10. The van der Waals surface area contributed by atoms with Crippen LogP contribution in [0.5, 0.6) is 57.5 Å². The van der Waals surface area contributed by atoms with Gasteiger partial charge in [0.2, 0.25) is 0 Å². The first kappa shape index (κ1) is 27.9. The van der Waals surface area contributed by atoms with Gasteiger partial charge in [0.15, 0.2) is 35.2 Å². The van der Waals surface area contributed by atoms with Crippen LogP contribution in [0.4, 0.5) is 0 Å². The van der Waals surface area contributed by atoms with Gasteiger partial charge in [0.1, 0.15) is 46.7 Å². The number of fused-ring (bicyclic) bond motifs is 2. The van der Waals surface area contributed by atoms with Gasteiger partial charge < -0.3 is 65.3 Å². The summed E-state index contributed by atoms with van der Waals surface area (Å²) in [5.41, 5.74) is 0.0630. The fourth-order valence-electron chi connectivity index (χ4n) is 5.48. The number of phenolic OH excluding ortho intramolecular Hbond substituents is 8. The van der Waals surface area contributed by atoms with E-state index in [4.69, 9.17) is 14.2 Å². The number of ether oxygens (including phenoxy) is 3. The van der Waals surface area contributed by atoms with Crippen molar-refractivity contribution >= 4 is 0 Å². The molecule has 0 fully saturated rings. The Morgan fingerprint density at radius 2 is 1.28 bits per heavy atom. The number of benzene rings is 4. The standard InChI is InChI=1S/C30H26O13/c31-14-7-19(35)16-11-25(28(41-23(16)9-14)12-1-3-17(33)20(36)5-12)43-30(13-2-4-18(34)21(37)6-13)29(40)27(39)26-22(38)8-15(32)10-24(26)42-30/h1-10,25,27-29,31-40H,11H2/t25-,27+,28-,29-,30+/m0/s1. The molecule has 0 aromatic heterocycles. The number of rotatable bonds is 4. The number of aromatic hydroxyl groups is 8. The van der Waals surface area contributed by atoms with Crippen molar-refractivity contribution < 1.29 is 65.3 Å². The van der Waals surface area contributed by atoms with Crippen LogP contribution in [0.25, 0.3) is 0 Å². The molecular formula is C30H26O13. The van der Waals surface area contributed by atoms with Crippen molar-refractivity contribution in [1.29, 1.82) is 0 Å². The number of aliphatic hydroxyl groups excluding tert-OH is 2. The molecule has 224 valence electrons. The van der Waals surface area contributed by atoms with Gasteiger partial charge >= 0.3 is 0 Å². The lowest BCUT2D eigenvalue weighted by atomic mass is 9.87. The molecule has 0 saturated carbocycles. The van der Waals surface area contributed by atoms with Crippen molar-refractivity contribution in [2.24, 2.45) is 0 Å². The highest BCUT2D eigenvalue weighted by Gasteiger charge is 2.56. The Labute approximate surface area is 242 Å². The van der Waals surface area contributed by atoms with E-state index < -0.39 is 64.7 Å². The molecule has 13 nitrogen and oxygen atoms in total. The summed E-state index contributed by atoms with van der Waals surface area (Å²) >= 11 is 0. The highest BCUT2D eigenvalue weighted by Crippen LogP contribution is 2.53. The topological polar surface area (TPSA) is 230 Å². The molecule has 6 rings (SSSR count). The van der Waals surface area contributed by atoms with Crippen molar-refractivity contribution in [3.05, 3.63) is 82.9 Å². The summed E-state index contributed by atoms with van der Waals surface area (Å²) in [4.78, 5) is 0. The van der Waals surface area contributed by atoms with Crippen LogP contribution in [0, 0.1) is 0 Å². The average molecular weight is 595 g/mol. The number of hydrogen-bond acceptors (Lipinski definition) is 13. The van der Waals surface area contributed by atoms with E-state index in [0.29, 0.717) is 0 Å². The Morgan fingerprint density at radius 1 is 0.651 bits per heavy atom. The van der Waals surface area contributed by atoms with Crippen LogP contribution >= 0.6 is 0 Å². The molecule has 0 bridgehead atoms. The van der Waals surface area contributed by atoms with Crippen LogP contribution in [0.3, 0.4) is 0 Å². The molecule has 2 heterocycles. The van der Waals surface area contributed by atoms with Crippen molar-refractivity contribution in [3.8, 4) is 57.5 Å². The molecule has 0 saturated heterocycles. The molecule has 0 unspecified atom stereocenters. The normalized spacial score (nSPS) is 24.3. The minimum atomic E-state index is -2.42. The van der Waals surface area contributed by atoms with Crippen LogP contribution in [-0.4, -0.2) is 63.3 Å². The van der Waals surface area contributed by atoms with Gasteiger partial charge in [0.25, 0.3) is 5.79 Å². The van der Waals surface area contributed by atoms with Crippen LogP contribution in [-0.2, 0) is 16.9 Å². The maximum absolute atomic E-state index is 11.6. The third kappa shape index (κ3) is 4.55. The van der Waals surface area contributed by atoms with Crippen LogP contribution in [0.15, 0.2) is 60.7 Å². The molecule has 5 atom stereocenters. The second kappa shape index (κ2) is 9.94. The highest BCUT2D eigenvalue weighted by molar-refractivity contribution is 5.55. The van der Waals surface area contributed by atoms with Crippen molar-refractivity contribution in [2.45, 2.75) is 36.6 Å². The Hall–Kier alpha value is -5.24. The first-order chi connectivity index (χ1) is 20.4. The summed E-state index contributed by atoms with van der Waals surface area (Å²) in [5, 5.41) is 104. The molecule has 2 aliphatic heterocycles. The van der Waals surface area contributed by atoms with Gasteiger partial charge in [0.05, 0.1) is 5.56 Å². The quantitative estimate of drug-likeness (QED) is 0.153. The maximum Gasteiger partial charge on any atom is 0.267 e. The summed E-state index contributed by atoms with van der Waals surface area (Å²) in [5.74, 6) is -6.38. The zero-order valence-corrected chi connectivity index (χ0v) is 22.0. The zero-order chi connectivity index (χ0) is 30.8. The molecule has 0 radical (unpaired) electrons. The van der Waals surface area contributed by atoms with Crippen LogP contribution < -0.4 is 9.47 Å². The first-order valence-corrected chi connectivity index (χ1v) is 12.9. The molecule has 0 spiro atoms. The smallest absolute Gasteiger partial charge is 0.267 e. The molecule has 4 aromatic rings. The Kier molecular flexibility index (Phi) is 6.45. The first-order valence-electron chi connectivity index (χ1n) is 12.9. The van der Waals surface area contributed by atoms with E-state index in [1.54, 1.807) is 0 Å². The monoisotopic (exact) mass is 594 g/mol. The van der Waals surface area contributed by atoms with Gasteiger partial charge in [-0.3, -0.25) is 0 Å². The lowest BCUT2D eigenvalue weighted by Crippen LogP contribution is -2.55. The van der Waals surface area contributed by atoms with Crippen molar-refractivity contribution in [1.82, 2.24) is 0 Å². The van der Waals surface area contributed by atoms with Crippen LogP contribution in [0.2, 0.25) is 0 Å². The molecule has 10 N–H and O–H groups in total. The number of phenols is 8. The summed E-state index contributed by atoms with van der Waals surface area (Å²) in [6.45, 7) is 0. The molecule has 0 amide bonds. The number of aliphatic hydroxyl groups is 2. The van der Waals surface area contributed by atoms with Crippen molar-refractivity contribution in [2.75, 3.05) is 0 Å². The van der Waals surface area contributed by atoms with E-state index in [1.165, 1.54) is 30.3 Å². The van der Waals surface area contributed by atoms with E-state index in [0.717, 1.165) is 30.3 Å². The lowest BCUT2D eigenvalue weighted by molar-refractivity contribution is -0.307. The van der Waals surface area contributed by atoms with E-state index in [-0.39, 0.29) is 51.7 Å². The fourth-order valence-corrected chi connectivity index (χ4v) is 5.48. The van der Waals surface area contributed by atoms with E-state index in [9.17, 15) is 51.1 Å².